The lowest BCUT2D eigenvalue weighted by molar-refractivity contribution is -0.138. The summed E-state index contributed by atoms with van der Waals surface area (Å²) in [6.45, 7) is 0. The van der Waals surface area contributed by atoms with Crippen LogP contribution in [-0.2, 0) is 12.6 Å². The Balaban J connectivity index is 3.61. The molecule has 0 atom stereocenters. The predicted molar refractivity (Wildman–Crippen MR) is 48.2 cm³/mol. The molecule has 3 nitrogen and oxygen atoms in total. The van der Waals surface area contributed by atoms with Crippen LogP contribution in [0.4, 0.5) is 22.0 Å². The maximum Gasteiger partial charge on any atom is 0.418 e. The van der Waals surface area contributed by atoms with Crippen LogP contribution in [0.25, 0.3) is 0 Å². The summed E-state index contributed by atoms with van der Waals surface area (Å²) in [6, 6.07) is 2.66. The number of nitriles is 2. The predicted octanol–water partition coefficient (Wildman–Crippen LogP) is 2.98. The molecular weight excluding hydrogens is 257 g/mol. The van der Waals surface area contributed by atoms with Crippen LogP contribution >= 0.6 is 0 Å². The summed E-state index contributed by atoms with van der Waals surface area (Å²) >= 11 is 0. The molecule has 1 rings (SSSR count). The Morgan fingerprint density at radius 3 is 2.28 bits per heavy atom. The first-order chi connectivity index (χ1) is 8.32. The normalized spacial score (nSPS) is 11.1. The maximum absolute atomic E-state index is 12.6. The highest BCUT2D eigenvalue weighted by atomic mass is 19.4. The molecule has 0 unspecified atom stereocenters. The largest absolute Gasteiger partial charge is 0.418 e. The van der Waals surface area contributed by atoms with Crippen molar-refractivity contribution >= 4 is 0 Å². The Hall–Kier alpha value is -2.22. The molecule has 1 heterocycles. The average Bonchev–Trinajstić information content (AvgIpc) is 2.27. The molecule has 18 heavy (non-hydrogen) atoms. The van der Waals surface area contributed by atoms with Crippen LogP contribution in [0, 0.1) is 22.7 Å². The topological polar surface area (TPSA) is 60.5 Å². The van der Waals surface area contributed by atoms with Gasteiger partial charge in [0.05, 0.1) is 23.6 Å². The molecule has 94 valence electrons. The minimum Gasteiger partial charge on any atom is -0.253 e. The lowest BCUT2D eigenvalue weighted by atomic mass is 9.99. The van der Waals surface area contributed by atoms with Gasteiger partial charge in [0.1, 0.15) is 11.8 Å². The number of hydrogen-bond donors (Lipinski definition) is 0. The highest BCUT2D eigenvalue weighted by Crippen LogP contribution is 2.35. The SMILES string of the molecule is N#CCc1c(C(F)(F)F)cnc(C(F)F)c1C#N. The fourth-order valence-corrected chi connectivity index (χ4v) is 1.36. The lowest BCUT2D eigenvalue weighted by Gasteiger charge is -2.13. The van der Waals surface area contributed by atoms with Crippen molar-refractivity contribution in [2.24, 2.45) is 0 Å². The lowest BCUT2D eigenvalue weighted by Crippen LogP contribution is -2.13. The maximum atomic E-state index is 12.6. The first kappa shape index (κ1) is 13.8. The van der Waals surface area contributed by atoms with Gasteiger partial charge in [0.25, 0.3) is 6.43 Å². The highest BCUT2D eigenvalue weighted by molar-refractivity contribution is 5.47. The van der Waals surface area contributed by atoms with Crippen molar-refractivity contribution in [2.75, 3.05) is 0 Å². The fourth-order valence-electron chi connectivity index (χ4n) is 1.36. The van der Waals surface area contributed by atoms with Gasteiger partial charge in [-0.1, -0.05) is 0 Å². The van der Waals surface area contributed by atoms with Gasteiger partial charge in [-0.05, 0) is 5.56 Å². The molecule has 0 N–H and O–H groups in total. The summed E-state index contributed by atoms with van der Waals surface area (Å²) < 4.78 is 62.7. The van der Waals surface area contributed by atoms with E-state index in [0.717, 1.165) is 0 Å². The number of rotatable bonds is 2. The van der Waals surface area contributed by atoms with Gasteiger partial charge in [-0.25, -0.2) is 8.78 Å². The number of nitrogens with zero attached hydrogens (tertiary/aromatic N) is 3. The minimum absolute atomic E-state index is 0.217. The van der Waals surface area contributed by atoms with Crippen LogP contribution in [-0.4, -0.2) is 4.98 Å². The Morgan fingerprint density at radius 1 is 1.28 bits per heavy atom. The molecule has 0 spiro atoms. The van der Waals surface area contributed by atoms with Crippen LogP contribution in [0.1, 0.15) is 28.8 Å². The number of aromatic nitrogens is 1. The fraction of sp³-hybridized carbons (Fsp3) is 0.300. The van der Waals surface area contributed by atoms with E-state index in [1.807, 2.05) is 0 Å². The van der Waals surface area contributed by atoms with E-state index >= 15 is 0 Å². The molecule has 0 fully saturated rings. The van der Waals surface area contributed by atoms with Crippen molar-refractivity contribution in [1.82, 2.24) is 4.98 Å². The van der Waals surface area contributed by atoms with E-state index in [9.17, 15) is 22.0 Å². The Morgan fingerprint density at radius 2 is 1.89 bits per heavy atom. The van der Waals surface area contributed by atoms with Gasteiger partial charge in [-0.2, -0.15) is 23.7 Å². The summed E-state index contributed by atoms with van der Waals surface area (Å²) in [5.74, 6) is 0. The van der Waals surface area contributed by atoms with Gasteiger partial charge in [-0.3, -0.25) is 4.98 Å². The number of pyridine rings is 1. The van der Waals surface area contributed by atoms with E-state index in [2.05, 4.69) is 4.98 Å². The third kappa shape index (κ3) is 2.54. The second-order valence-electron chi connectivity index (χ2n) is 3.16. The Labute approximate surface area is 98.1 Å². The Kier molecular flexibility index (Phi) is 3.82. The van der Waals surface area contributed by atoms with Crippen LogP contribution in [0.2, 0.25) is 0 Å². The van der Waals surface area contributed by atoms with Crippen molar-refractivity contribution in [3.63, 3.8) is 0 Å². The van der Waals surface area contributed by atoms with E-state index in [1.54, 1.807) is 0 Å². The molecule has 8 heteroatoms. The van der Waals surface area contributed by atoms with E-state index in [1.165, 1.54) is 12.1 Å². The highest BCUT2D eigenvalue weighted by Gasteiger charge is 2.36. The summed E-state index contributed by atoms with van der Waals surface area (Å²) in [6.07, 6.45) is -8.61. The van der Waals surface area contributed by atoms with E-state index in [4.69, 9.17) is 10.5 Å². The number of alkyl halides is 5. The molecular formula is C10H4F5N3. The minimum atomic E-state index is -4.86. The first-order valence-electron chi connectivity index (χ1n) is 4.47. The summed E-state index contributed by atoms with van der Waals surface area (Å²) in [7, 11) is 0. The van der Waals surface area contributed by atoms with Gasteiger partial charge in [0.2, 0.25) is 0 Å². The Bertz CT molecular complexity index is 536. The monoisotopic (exact) mass is 261 g/mol. The van der Waals surface area contributed by atoms with Crippen molar-refractivity contribution in [3.05, 3.63) is 28.6 Å². The molecule has 0 bridgehead atoms. The summed E-state index contributed by atoms with van der Waals surface area (Å²) in [4.78, 5) is 2.96. The van der Waals surface area contributed by atoms with Crippen LogP contribution in [0.15, 0.2) is 6.20 Å². The molecule has 1 aromatic rings. The van der Waals surface area contributed by atoms with E-state index < -0.39 is 41.4 Å². The van der Waals surface area contributed by atoms with Gasteiger partial charge in [0, 0.05) is 6.20 Å². The van der Waals surface area contributed by atoms with Gasteiger partial charge < -0.3 is 0 Å². The summed E-state index contributed by atoms with van der Waals surface area (Å²) in [5, 5.41) is 17.1. The van der Waals surface area contributed by atoms with Gasteiger partial charge >= 0.3 is 6.18 Å². The van der Waals surface area contributed by atoms with Gasteiger partial charge in [0.15, 0.2) is 0 Å². The molecule has 0 saturated carbocycles. The number of halogens is 5. The average molecular weight is 261 g/mol. The molecule has 0 amide bonds. The third-order valence-corrected chi connectivity index (χ3v) is 2.10. The van der Waals surface area contributed by atoms with Crippen LogP contribution < -0.4 is 0 Å². The van der Waals surface area contributed by atoms with E-state index in [-0.39, 0.29) is 6.20 Å². The second-order valence-corrected chi connectivity index (χ2v) is 3.16. The molecule has 0 aliphatic rings. The molecule has 1 aromatic heterocycles. The molecule has 0 aliphatic carbocycles. The molecule has 0 aromatic carbocycles. The second kappa shape index (κ2) is 4.96. The number of hydrogen-bond acceptors (Lipinski definition) is 3. The van der Waals surface area contributed by atoms with E-state index in [0.29, 0.717) is 0 Å². The van der Waals surface area contributed by atoms with Crippen LogP contribution in [0.3, 0.4) is 0 Å². The van der Waals surface area contributed by atoms with Crippen molar-refractivity contribution in [2.45, 2.75) is 19.0 Å². The first-order valence-corrected chi connectivity index (χ1v) is 4.47. The zero-order chi connectivity index (χ0) is 13.9. The molecule has 0 aliphatic heterocycles. The molecule has 0 radical (unpaired) electrons. The van der Waals surface area contributed by atoms with Crippen LogP contribution in [0.5, 0.6) is 0 Å². The van der Waals surface area contributed by atoms with Crippen molar-refractivity contribution < 1.29 is 22.0 Å². The zero-order valence-corrected chi connectivity index (χ0v) is 8.59. The van der Waals surface area contributed by atoms with Crippen molar-refractivity contribution in [3.8, 4) is 12.1 Å². The standard InChI is InChI=1S/C10H4F5N3/c11-9(12)8-6(3-17)5(1-2-16)7(4-18-8)10(13,14)15/h4,9H,1H2. The molecule has 0 saturated heterocycles. The van der Waals surface area contributed by atoms with Gasteiger partial charge in [-0.15, -0.1) is 0 Å². The smallest absolute Gasteiger partial charge is 0.253 e. The van der Waals surface area contributed by atoms with Crippen molar-refractivity contribution in [1.29, 1.82) is 10.5 Å². The quantitative estimate of drug-likeness (QED) is 0.769. The summed E-state index contributed by atoms with van der Waals surface area (Å²) in [5.41, 5.74) is -4.04. The third-order valence-electron chi connectivity index (χ3n) is 2.10. The zero-order valence-electron chi connectivity index (χ0n) is 8.59.